The molecule has 2 rings (SSSR count). The molecule has 2 heterocycles. The fraction of sp³-hybridized carbons (Fsp3) is 0.273. The number of aliphatic hydroxyl groups excluding tert-OH is 1. The Morgan fingerprint density at radius 3 is 2.80 bits per heavy atom. The van der Waals surface area contributed by atoms with Crippen LogP contribution in [-0.2, 0) is 6.42 Å². The van der Waals surface area contributed by atoms with Crippen LogP contribution in [0.5, 0.6) is 0 Å². The van der Waals surface area contributed by atoms with Crippen molar-refractivity contribution in [3.05, 3.63) is 40.8 Å². The third-order valence-corrected chi connectivity index (χ3v) is 3.22. The van der Waals surface area contributed by atoms with Crippen LogP contribution in [-0.4, -0.2) is 22.3 Å². The summed E-state index contributed by atoms with van der Waals surface area (Å²) in [5.41, 5.74) is 6.89. The molecule has 4 heteroatoms. The molecule has 2 aromatic heterocycles. The monoisotopic (exact) mass is 222 g/mol. The summed E-state index contributed by atoms with van der Waals surface area (Å²) in [6.07, 6.45) is 4.74. The lowest BCUT2D eigenvalue weighted by molar-refractivity contribution is 0.265. The number of aromatic nitrogens is 1. The first-order chi connectivity index (χ1) is 7.31. The zero-order valence-electron chi connectivity index (χ0n) is 8.34. The van der Waals surface area contributed by atoms with Crippen LogP contribution in [0.4, 0.5) is 0 Å². The lowest BCUT2D eigenvalue weighted by Gasteiger charge is -2.09. The highest BCUT2D eigenvalue weighted by Gasteiger charge is 2.09. The Labute approximate surface area is 92.8 Å². The molecule has 0 aliphatic carbocycles. The summed E-state index contributed by atoms with van der Waals surface area (Å²) in [7, 11) is 0. The van der Waals surface area contributed by atoms with Gasteiger partial charge < -0.3 is 15.4 Å². The van der Waals surface area contributed by atoms with Crippen LogP contribution in [0.25, 0.3) is 5.69 Å². The Kier molecular flexibility index (Phi) is 3.20. The number of rotatable bonds is 4. The van der Waals surface area contributed by atoms with Crippen molar-refractivity contribution < 1.29 is 5.11 Å². The van der Waals surface area contributed by atoms with Gasteiger partial charge in [-0.05, 0) is 23.6 Å². The van der Waals surface area contributed by atoms with E-state index in [0.717, 1.165) is 12.1 Å². The third-order valence-electron chi connectivity index (χ3n) is 2.29. The fourth-order valence-corrected chi connectivity index (χ4v) is 2.48. The SMILES string of the molecule is NC(CO)Cc1sccc1-n1cccc1. The zero-order valence-corrected chi connectivity index (χ0v) is 9.15. The molecule has 0 bridgehead atoms. The predicted molar refractivity (Wildman–Crippen MR) is 62.4 cm³/mol. The van der Waals surface area contributed by atoms with Crippen molar-refractivity contribution in [2.75, 3.05) is 6.61 Å². The minimum absolute atomic E-state index is 0.0308. The number of aliphatic hydroxyl groups is 1. The molecule has 0 aromatic carbocycles. The Morgan fingerprint density at radius 1 is 1.40 bits per heavy atom. The van der Waals surface area contributed by atoms with Crippen molar-refractivity contribution in [2.45, 2.75) is 12.5 Å². The molecule has 1 atom stereocenters. The van der Waals surface area contributed by atoms with Crippen LogP contribution in [0.1, 0.15) is 4.88 Å². The first-order valence-corrected chi connectivity index (χ1v) is 5.75. The van der Waals surface area contributed by atoms with E-state index in [0.29, 0.717) is 0 Å². The van der Waals surface area contributed by atoms with E-state index in [-0.39, 0.29) is 12.6 Å². The van der Waals surface area contributed by atoms with Gasteiger partial charge in [0.25, 0.3) is 0 Å². The quantitative estimate of drug-likeness (QED) is 0.821. The molecule has 15 heavy (non-hydrogen) atoms. The maximum atomic E-state index is 8.93. The molecule has 0 saturated heterocycles. The Morgan fingerprint density at radius 2 is 2.13 bits per heavy atom. The van der Waals surface area contributed by atoms with Crippen molar-refractivity contribution >= 4 is 11.3 Å². The molecule has 0 aliphatic rings. The predicted octanol–water partition coefficient (Wildman–Crippen LogP) is 1.40. The second-order valence-corrected chi connectivity index (χ2v) is 4.47. The second kappa shape index (κ2) is 4.61. The molecule has 0 aliphatic heterocycles. The summed E-state index contributed by atoms with van der Waals surface area (Å²) >= 11 is 1.68. The van der Waals surface area contributed by atoms with Gasteiger partial charge in [0.1, 0.15) is 0 Å². The molecule has 0 fully saturated rings. The first-order valence-electron chi connectivity index (χ1n) is 4.87. The van der Waals surface area contributed by atoms with Crippen molar-refractivity contribution in [2.24, 2.45) is 5.73 Å². The molecule has 1 unspecified atom stereocenters. The summed E-state index contributed by atoms with van der Waals surface area (Å²) in [6, 6.07) is 5.89. The molecule has 80 valence electrons. The average molecular weight is 222 g/mol. The average Bonchev–Trinajstić information content (AvgIpc) is 2.86. The van der Waals surface area contributed by atoms with Crippen molar-refractivity contribution in [1.29, 1.82) is 0 Å². The minimum Gasteiger partial charge on any atom is -0.395 e. The van der Waals surface area contributed by atoms with E-state index in [1.165, 1.54) is 4.88 Å². The molecule has 3 nitrogen and oxygen atoms in total. The molecule has 0 saturated carbocycles. The highest BCUT2D eigenvalue weighted by atomic mass is 32.1. The fourth-order valence-electron chi connectivity index (χ4n) is 1.51. The van der Waals surface area contributed by atoms with Gasteiger partial charge >= 0.3 is 0 Å². The molecule has 0 amide bonds. The first kappa shape index (κ1) is 10.4. The summed E-state index contributed by atoms with van der Waals surface area (Å²) in [5.74, 6) is 0. The maximum Gasteiger partial charge on any atom is 0.0589 e. The van der Waals surface area contributed by atoms with Gasteiger partial charge in [-0.1, -0.05) is 0 Å². The van der Waals surface area contributed by atoms with E-state index in [2.05, 4.69) is 16.0 Å². The summed E-state index contributed by atoms with van der Waals surface area (Å²) in [5, 5.41) is 11.0. The molecule has 3 N–H and O–H groups in total. The Hall–Kier alpha value is -1.10. The Bertz CT molecular complexity index is 408. The standard InChI is InChI=1S/C11H14N2OS/c12-9(8-14)7-11-10(3-6-15-11)13-4-1-2-5-13/h1-6,9,14H,7-8,12H2. The number of hydrogen-bond acceptors (Lipinski definition) is 3. The van der Waals surface area contributed by atoms with Crippen molar-refractivity contribution in [3.63, 3.8) is 0 Å². The van der Waals surface area contributed by atoms with E-state index in [1.54, 1.807) is 11.3 Å². The van der Waals surface area contributed by atoms with E-state index in [4.69, 9.17) is 10.8 Å². The van der Waals surface area contributed by atoms with Crippen LogP contribution in [0, 0.1) is 0 Å². The Balaban J connectivity index is 2.23. The molecule has 2 aromatic rings. The highest BCUT2D eigenvalue weighted by Crippen LogP contribution is 2.22. The lowest BCUT2D eigenvalue weighted by Crippen LogP contribution is -2.26. The van der Waals surface area contributed by atoms with Crippen LogP contribution in [0.2, 0.25) is 0 Å². The number of thiophene rings is 1. The topological polar surface area (TPSA) is 51.2 Å². The molecular weight excluding hydrogens is 208 g/mol. The van der Waals surface area contributed by atoms with Gasteiger partial charge in [0, 0.05) is 29.7 Å². The smallest absolute Gasteiger partial charge is 0.0589 e. The minimum atomic E-state index is -0.169. The second-order valence-electron chi connectivity index (χ2n) is 3.47. The van der Waals surface area contributed by atoms with Crippen molar-refractivity contribution in [3.8, 4) is 5.69 Å². The van der Waals surface area contributed by atoms with E-state index in [9.17, 15) is 0 Å². The van der Waals surface area contributed by atoms with E-state index >= 15 is 0 Å². The number of nitrogens with two attached hydrogens (primary N) is 1. The number of nitrogens with zero attached hydrogens (tertiary/aromatic N) is 1. The van der Waals surface area contributed by atoms with E-state index < -0.39 is 0 Å². The van der Waals surface area contributed by atoms with E-state index in [1.807, 2.05) is 24.5 Å². The summed E-state index contributed by atoms with van der Waals surface area (Å²) in [6.45, 7) is 0.0308. The van der Waals surface area contributed by atoms with Crippen LogP contribution < -0.4 is 5.73 Å². The largest absolute Gasteiger partial charge is 0.395 e. The molecular formula is C11H14N2OS. The zero-order chi connectivity index (χ0) is 10.7. The van der Waals surface area contributed by atoms with Gasteiger partial charge in [0.05, 0.1) is 12.3 Å². The van der Waals surface area contributed by atoms with Crippen molar-refractivity contribution in [1.82, 2.24) is 4.57 Å². The normalized spacial score (nSPS) is 12.9. The van der Waals surface area contributed by atoms with Gasteiger partial charge in [0.15, 0.2) is 0 Å². The van der Waals surface area contributed by atoms with Gasteiger partial charge in [-0.2, -0.15) is 0 Å². The van der Waals surface area contributed by atoms with Gasteiger partial charge in [0.2, 0.25) is 0 Å². The molecule has 0 spiro atoms. The maximum absolute atomic E-state index is 8.93. The van der Waals surface area contributed by atoms with Crippen LogP contribution in [0.3, 0.4) is 0 Å². The third kappa shape index (κ3) is 2.28. The summed E-state index contributed by atoms with van der Waals surface area (Å²) < 4.78 is 2.07. The summed E-state index contributed by atoms with van der Waals surface area (Å²) in [4.78, 5) is 1.22. The van der Waals surface area contributed by atoms with Gasteiger partial charge in [-0.15, -0.1) is 11.3 Å². The lowest BCUT2D eigenvalue weighted by atomic mass is 10.2. The van der Waals surface area contributed by atoms with Gasteiger partial charge in [-0.3, -0.25) is 0 Å². The highest BCUT2D eigenvalue weighted by molar-refractivity contribution is 7.10. The van der Waals surface area contributed by atoms with Crippen LogP contribution >= 0.6 is 11.3 Å². The van der Waals surface area contributed by atoms with Crippen LogP contribution in [0.15, 0.2) is 36.0 Å². The number of hydrogen-bond donors (Lipinski definition) is 2. The van der Waals surface area contributed by atoms with Gasteiger partial charge in [-0.25, -0.2) is 0 Å². The molecule has 0 radical (unpaired) electrons.